The Labute approximate surface area is 77.4 Å². The van der Waals surface area contributed by atoms with Crippen LogP contribution in [-0.4, -0.2) is 23.9 Å². The molecule has 0 unspecified atom stereocenters. The fourth-order valence-electron chi connectivity index (χ4n) is 0.658. The predicted molar refractivity (Wildman–Crippen MR) is 41.3 cm³/mol. The lowest BCUT2D eigenvalue weighted by molar-refractivity contribution is -0.757. The van der Waals surface area contributed by atoms with Gasteiger partial charge in [-0.05, 0) is 6.92 Å². The van der Waals surface area contributed by atoms with E-state index in [1.54, 1.807) is 0 Å². The number of nitrogens with two attached hydrogens (primary N) is 1. The fraction of sp³-hybridized carbons (Fsp3) is 0.500. The van der Waals surface area contributed by atoms with Gasteiger partial charge in [-0.25, -0.2) is 4.84 Å². The van der Waals surface area contributed by atoms with Crippen molar-refractivity contribution in [3.05, 3.63) is 16.3 Å². The van der Waals surface area contributed by atoms with E-state index in [0.29, 0.717) is 0 Å². The monoisotopic (exact) mass is 212 g/mol. The predicted octanol–water partition coefficient (Wildman–Crippen LogP) is 1.10. The summed E-state index contributed by atoms with van der Waals surface area (Å²) in [4.78, 5) is 14.3. The average Bonchev–Trinajstić information content (AvgIpc) is 2.01. The number of halogens is 3. The summed E-state index contributed by atoms with van der Waals surface area (Å²) in [5.74, 6) is 0. The highest BCUT2D eigenvalue weighted by Crippen LogP contribution is 2.22. The molecule has 5 nitrogen and oxygen atoms in total. The third-order valence-electron chi connectivity index (χ3n) is 1.24. The summed E-state index contributed by atoms with van der Waals surface area (Å²) in [7, 11) is 0.875. The van der Waals surface area contributed by atoms with E-state index in [1.165, 1.54) is 0 Å². The van der Waals surface area contributed by atoms with Crippen molar-refractivity contribution >= 4 is 5.71 Å². The van der Waals surface area contributed by atoms with Crippen LogP contribution in [0.25, 0.3) is 0 Å². The molecule has 0 saturated carbocycles. The van der Waals surface area contributed by atoms with Crippen molar-refractivity contribution in [2.45, 2.75) is 13.1 Å². The molecule has 0 aromatic rings. The molecule has 0 atom stereocenters. The molecular formula is C6H9F3N3O2+. The van der Waals surface area contributed by atoms with Gasteiger partial charge in [-0.3, -0.25) is 5.41 Å². The van der Waals surface area contributed by atoms with Crippen LogP contribution in [0, 0.1) is 10.3 Å². The maximum Gasteiger partial charge on any atom is 0.439 e. The maximum absolute atomic E-state index is 12.0. The molecule has 0 radical (unpaired) electrons. The van der Waals surface area contributed by atoms with Crippen LogP contribution in [-0.2, 0) is 4.84 Å². The zero-order chi connectivity index (χ0) is 11.5. The zero-order valence-corrected chi connectivity index (χ0v) is 7.47. The van der Waals surface area contributed by atoms with Crippen LogP contribution in [0.2, 0.25) is 0 Å². The van der Waals surface area contributed by atoms with Crippen LogP contribution in [0.1, 0.15) is 6.92 Å². The Morgan fingerprint density at radius 1 is 1.50 bits per heavy atom. The largest absolute Gasteiger partial charge is 0.439 e. The van der Waals surface area contributed by atoms with Crippen LogP contribution in [0.3, 0.4) is 0 Å². The lowest BCUT2D eigenvalue weighted by atomic mass is 10.2. The summed E-state index contributed by atoms with van der Waals surface area (Å²) < 4.78 is 36.1. The van der Waals surface area contributed by atoms with E-state index in [4.69, 9.17) is 11.1 Å². The Morgan fingerprint density at radius 3 is 2.14 bits per heavy atom. The second-order valence-electron chi connectivity index (χ2n) is 2.34. The van der Waals surface area contributed by atoms with E-state index in [9.17, 15) is 18.1 Å². The van der Waals surface area contributed by atoms with Crippen LogP contribution in [0.5, 0.6) is 0 Å². The normalized spacial score (nSPS) is 13.2. The number of nitrogens with zero attached hydrogens (tertiary/aromatic N) is 1. The molecule has 0 spiro atoms. The summed E-state index contributed by atoms with van der Waals surface area (Å²) in [6, 6.07) is 0. The summed E-state index contributed by atoms with van der Waals surface area (Å²) in [5.41, 5.74) is 1.71. The Balaban J connectivity index is 5.20. The van der Waals surface area contributed by atoms with Gasteiger partial charge in [0, 0.05) is 0 Å². The molecule has 0 aliphatic rings. The highest BCUT2D eigenvalue weighted by Gasteiger charge is 2.46. The molecule has 14 heavy (non-hydrogen) atoms. The van der Waals surface area contributed by atoms with Crippen molar-refractivity contribution in [3.63, 3.8) is 0 Å². The number of alkyl halides is 3. The SMILES string of the molecule is CO[N+](=O)/C(C(=N)C(F)(F)F)=C(\C)N. The summed E-state index contributed by atoms with van der Waals surface area (Å²) >= 11 is 0. The molecular weight excluding hydrogens is 203 g/mol. The van der Waals surface area contributed by atoms with E-state index in [0.717, 1.165) is 14.0 Å². The van der Waals surface area contributed by atoms with E-state index in [1.807, 2.05) is 0 Å². The van der Waals surface area contributed by atoms with Gasteiger partial charge in [0.15, 0.2) is 7.11 Å². The Hall–Kier alpha value is -1.60. The lowest BCUT2D eigenvalue weighted by Crippen LogP contribution is -2.30. The van der Waals surface area contributed by atoms with Crippen LogP contribution < -0.4 is 5.73 Å². The van der Waals surface area contributed by atoms with Crippen molar-refractivity contribution in [2.75, 3.05) is 7.11 Å². The molecule has 0 bridgehead atoms. The lowest BCUT2D eigenvalue weighted by Gasteiger charge is -2.04. The number of hydrogen-bond donors (Lipinski definition) is 2. The number of allylic oxidation sites excluding steroid dienone is 2. The third kappa shape index (κ3) is 2.71. The van der Waals surface area contributed by atoms with Crippen molar-refractivity contribution in [1.29, 1.82) is 5.41 Å². The minimum Gasteiger partial charge on any atom is -0.397 e. The van der Waals surface area contributed by atoms with Crippen LogP contribution in [0.4, 0.5) is 13.2 Å². The Kier molecular flexibility index (Phi) is 3.61. The molecule has 0 heterocycles. The first-order chi connectivity index (χ1) is 6.21. The molecule has 0 rings (SSSR count). The van der Waals surface area contributed by atoms with Gasteiger partial charge in [0.1, 0.15) is 0 Å². The molecule has 0 aliphatic carbocycles. The number of rotatable bonds is 3. The van der Waals surface area contributed by atoms with Gasteiger partial charge in [0.2, 0.25) is 5.71 Å². The highest BCUT2D eigenvalue weighted by molar-refractivity contribution is 6.00. The minimum atomic E-state index is -4.93. The van der Waals surface area contributed by atoms with Crippen LogP contribution >= 0.6 is 0 Å². The van der Waals surface area contributed by atoms with Gasteiger partial charge in [-0.2, -0.15) is 13.2 Å². The first-order valence-electron chi connectivity index (χ1n) is 3.35. The Bertz CT molecular complexity index is 291. The van der Waals surface area contributed by atoms with Gasteiger partial charge in [-0.1, -0.05) is 0 Å². The Morgan fingerprint density at radius 2 is 1.93 bits per heavy atom. The summed E-state index contributed by atoms with van der Waals surface area (Å²) in [6.45, 7) is 1.07. The molecule has 0 saturated heterocycles. The maximum atomic E-state index is 12.0. The van der Waals surface area contributed by atoms with Crippen LogP contribution in [0.15, 0.2) is 11.4 Å². The summed E-state index contributed by atoms with van der Waals surface area (Å²) in [6.07, 6.45) is -4.93. The molecule has 8 heteroatoms. The van der Waals surface area contributed by atoms with Crippen molar-refractivity contribution in [1.82, 2.24) is 0 Å². The van der Waals surface area contributed by atoms with Crippen molar-refractivity contribution in [2.24, 2.45) is 5.73 Å². The minimum absolute atomic E-state index is 0.441. The topological polar surface area (TPSA) is 79.2 Å². The number of nitrogens with one attached hydrogen (secondary N) is 1. The molecule has 0 fully saturated rings. The van der Waals surface area contributed by atoms with Gasteiger partial charge < -0.3 is 5.73 Å². The quantitative estimate of drug-likeness (QED) is 0.543. The van der Waals surface area contributed by atoms with Gasteiger partial charge in [-0.15, -0.1) is 0 Å². The standard InChI is InChI=1S/C6H9F3N3O2/c1-3(10)4(12(13)14-2)5(11)6(7,8)9/h11H,10H2,1-2H3/q+1/b4-3+,11-5?. The summed E-state index contributed by atoms with van der Waals surface area (Å²) in [5, 5.41) is 6.68. The zero-order valence-electron chi connectivity index (χ0n) is 7.47. The molecule has 80 valence electrons. The van der Waals surface area contributed by atoms with E-state index >= 15 is 0 Å². The van der Waals surface area contributed by atoms with Crippen molar-refractivity contribution in [3.8, 4) is 0 Å². The average molecular weight is 212 g/mol. The smallest absolute Gasteiger partial charge is 0.397 e. The number of hydrogen-bond acceptors (Lipinski definition) is 4. The molecule has 0 amide bonds. The highest BCUT2D eigenvalue weighted by atomic mass is 19.4. The molecule has 3 N–H and O–H groups in total. The van der Waals surface area contributed by atoms with Gasteiger partial charge in [0.05, 0.1) is 10.6 Å². The second kappa shape index (κ2) is 4.07. The second-order valence-corrected chi connectivity index (χ2v) is 2.34. The first kappa shape index (κ1) is 12.4. The fourth-order valence-corrected chi connectivity index (χ4v) is 0.658. The van der Waals surface area contributed by atoms with E-state index < -0.39 is 28.2 Å². The van der Waals surface area contributed by atoms with Gasteiger partial charge >= 0.3 is 11.9 Å². The van der Waals surface area contributed by atoms with Gasteiger partial charge in [0.25, 0.3) is 4.92 Å². The molecule has 0 aromatic carbocycles. The van der Waals surface area contributed by atoms with E-state index in [-0.39, 0.29) is 0 Å². The molecule has 0 aromatic heterocycles. The first-order valence-corrected chi connectivity index (χ1v) is 3.35. The van der Waals surface area contributed by atoms with E-state index in [2.05, 4.69) is 4.84 Å². The third-order valence-corrected chi connectivity index (χ3v) is 1.24. The molecule has 0 aliphatic heterocycles. The van der Waals surface area contributed by atoms with Crippen molar-refractivity contribution < 1.29 is 22.9 Å².